The number of primary sulfonamides is 1. The van der Waals surface area contributed by atoms with Crippen LogP contribution in [-0.4, -0.2) is 28.2 Å². The van der Waals surface area contributed by atoms with Gasteiger partial charge in [-0.2, -0.15) is 4.31 Å². The molecule has 2 N–H and O–H groups in total. The normalized spacial score (nSPS) is 12.7. The van der Waals surface area contributed by atoms with E-state index in [2.05, 4.69) is 13.8 Å². The average molecular weight is 383 g/mol. The van der Waals surface area contributed by atoms with Crippen LogP contribution in [0.2, 0.25) is 0 Å². The van der Waals surface area contributed by atoms with Crippen molar-refractivity contribution in [2.24, 2.45) is 5.14 Å². The van der Waals surface area contributed by atoms with Gasteiger partial charge in [0.2, 0.25) is 20.0 Å². The number of nitrogens with two attached hydrogens (primary N) is 1. The number of hydrogen-bond donors (Lipinski definition) is 1. The molecule has 0 aliphatic heterocycles. The minimum Gasteiger partial charge on any atom is -0.225 e. The molecule has 2 aromatic rings. The third-order valence-corrected chi connectivity index (χ3v) is 6.66. The zero-order chi connectivity index (χ0) is 18.8. The Morgan fingerprint density at radius 1 is 0.880 bits per heavy atom. The fraction of sp³-hybridized carbons (Fsp3) is 0.294. The molecule has 0 atom stereocenters. The molecular weight excluding hydrogens is 360 g/mol. The molecular formula is C17H22N2O4S2. The molecule has 0 bridgehead atoms. The lowest BCUT2D eigenvalue weighted by Gasteiger charge is -2.18. The second-order valence-corrected chi connectivity index (χ2v) is 9.78. The zero-order valence-electron chi connectivity index (χ0n) is 14.4. The Bertz CT molecular complexity index is 933. The van der Waals surface area contributed by atoms with E-state index in [1.54, 1.807) is 0 Å². The summed E-state index contributed by atoms with van der Waals surface area (Å²) < 4.78 is 49.0. The van der Waals surface area contributed by atoms with Gasteiger partial charge in [-0.05, 0) is 41.3 Å². The topological polar surface area (TPSA) is 97.5 Å². The molecule has 0 aliphatic rings. The summed E-state index contributed by atoms with van der Waals surface area (Å²) in [5.41, 5.74) is 2.06. The average Bonchev–Trinajstić information content (AvgIpc) is 2.54. The Hall–Kier alpha value is -1.74. The van der Waals surface area contributed by atoms with E-state index in [1.165, 1.54) is 41.2 Å². The van der Waals surface area contributed by atoms with Crippen molar-refractivity contribution >= 4 is 20.0 Å². The van der Waals surface area contributed by atoms with Crippen molar-refractivity contribution in [3.8, 4) is 0 Å². The molecule has 0 unspecified atom stereocenters. The number of sulfonamides is 2. The van der Waals surface area contributed by atoms with Crippen molar-refractivity contribution in [3.05, 3.63) is 59.7 Å². The highest BCUT2D eigenvalue weighted by Crippen LogP contribution is 2.20. The Morgan fingerprint density at radius 3 is 1.80 bits per heavy atom. The minimum atomic E-state index is -3.85. The van der Waals surface area contributed by atoms with Gasteiger partial charge in [0, 0.05) is 13.6 Å². The molecule has 0 saturated carbocycles. The SMILES string of the molecule is CC(C)c1ccc(CN(C)S(=O)(=O)c2ccc(S(N)(=O)=O)cc2)cc1. The summed E-state index contributed by atoms with van der Waals surface area (Å²) in [6, 6.07) is 12.7. The highest BCUT2D eigenvalue weighted by atomic mass is 32.2. The third-order valence-electron chi connectivity index (χ3n) is 3.91. The first-order valence-electron chi connectivity index (χ1n) is 7.70. The highest BCUT2D eigenvalue weighted by Gasteiger charge is 2.21. The van der Waals surface area contributed by atoms with E-state index < -0.39 is 20.0 Å². The summed E-state index contributed by atoms with van der Waals surface area (Å²) in [5, 5.41) is 5.02. The van der Waals surface area contributed by atoms with Gasteiger partial charge >= 0.3 is 0 Å². The largest absolute Gasteiger partial charge is 0.243 e. The maximum absolute atomic E-state index is 12.6. The molecule has 0 aromatic heterocycles. The second kappa shape index (κ2) is 7.25. The van der Waals surface area contributed by atoms with Crippen LogP contribution in [0.4, 0.5) is 0 Å². The lowest BCUT2D eigenvalue weighted by molar-refractivity contribution is 0.466. The van der Waals surface area contributed by atoms with Crippen molar-refractivity contribution < 1.29 is 16.8 Å². The smallest absolute Gasteiger partial charge is 0.225 e. The molecule has 0 heterocycles. The maximum atomic E-state index is 12.6. The van der Waals surface area contributed by atoms with Gasteiger partial charge in [0.15, 0.2) is 0 Å². The molecule has 0 amide bonds. The second-order valence-electron chi connectivity index (χ2n) is 6.17. The molecule has 0 radical (unpaired) electrons. The van der Waals surface area contributed by atoms with E-state index in [1.807, 2.05) is 24.3 Å². The van der Waals surface area contributed by atoms with Gasteiger partial charge < -0.3 is 0 Å². The standard InChI is InChI=1S/C17H22N2O4S2/c1-13(2)15-6-4-14(5-7-15)12-19(3)25(22,23)17-10-8-16(9-11-17)24(18,20)21/h4-11,13H,12H2,1-3H3,(H2,18,20,21). The van der Waals surface area contributed by atoms with E-state index >= 15 is 0 Å². The van der Waals surface area contributed by atoms with Crippen LogP contribution in [0.1, 0.15) is 30.9 Å². The highest BCUT2D eigenvalue weighted by molar-refractivity contribution is 7.89. The van der Waals surface area contributed by atoms with E-state index in [-0.39, 0.29) is 16.3 Å². The van der Waals surface area contributed by atoms with Gasteiger partial charge in [-0.25, -0.2) is 22.0 Å². The molecule has 6 nitrogen and oxygen atoms in total. The summed E-state index contributed by atoms with van der Waals surface area (Å²) in [6.07, 6.45) is 0. The first-order valence-corrected chi connectivity index (χ1v) is 10.7. The van der Waals surface area contributed by atoms with Crippen LogP contribution >= 0.6 is 0 Å². The van der Waals surface area contributed by atoms with E-state index in [0.717, 1.165) is 5.56 Å². The van der Waals surface area contributed by atoms with Crippen molar-refractivity contribution in [2.45, 2.75) is 36.1 Å². The van der Waals surface area contributed by atoms with Gasteiger partial charge in [0.1, 0.15) is 0 Å². The monoisotopic (exact) mass is 382 g/mol. The fourth-order valence-electron chi connectivity index (χ4n) is 2.33. The Kier molecular flexibility index (Phi) is 5.68. The third kappa shape index (κ3) is 4.66. The summed E-state index contributed by atoms with van der Waals surface area (Å²) in [5.74, 6) is 0.410. The van der Waals surface area contributed by atoms with Gasteiger partial charge in [0.25, 0.3) is 0 Å². The molecule has 2 aromatic carbocycles. The predicted octanol–water partition coefficient (Wildman–Crippen LogP) is 2.28. The van der Waals surface area contributed by atoms with Crippen molar-refractivity contribution in [1.82, 2.24) is 4.31 Å². The number of benzene rings is 2. The van der Waals surface area contributed by atoms with Crippen molar-refractivity contribution in [1.29, 1.82) is 0 Å². The molecule has 0 aliphatic carbocycles. The molecule has 0 saturated heterocycles. The summed E-state index contributed by atoms with van der Waals surface area (Å²) in [4.78, 5) is -0.112. The minimum absolute atomic E-state index is 0.0150. The zero-order valence-corrected chi connectivity index (χ0v) is 16.0. The lowest BCUT2D eigenvalue weighted by Crippen LogP contribution is -2.26. The Balaban J connectivity index is 2.20. The Morgan fingerprint density at radius 2 is 1.36 bits per heavy atom. The molecule has 8 heteroatoms. The van der Waals surface area contributed by atoms with Crippen LogP contribution in [0.15, 0.2) is 58.3 Å². The van der Waals surface area contributed by atoms with Crippen LogP contribution in [0.3, 0.4) is 0 Å². The van der Waals surface area contributed by atoms with Crippen molar-refractivity contribution in [3.63, 3.8) is 0 Å². The van der Waals surface area contributed by atoms with E-state index in [9.17, 15) is 16.8 Å². The number of hydrogen-bond acceptors (Lipinski definition) is 4. The number of nitrogens with zero attached hydrogens (tertiary/aromatic N) is 1. The predicted molar refractivity (Wildman–Crippen MR) is 97.0 cm³/mol. The van der Waals surface area contributed by atoms with Gasteiger partial charge in [-0.3, -0.25) is 0 Å². The van der Waals surface area contributed by atoms with Crippen LogP contribution in [0.25, 0.3) is 0 Å². The Labute approximate surface area is 149 Å². The van der Waals surface area contributed by atoms with Crippen LogP contribution in [0, 0.1) is 0 Å². The van der Waals surface area contributed by atoms with E-state index in [4.69, 9.17) is 5.14 Å². The van der Waals surface area contributed by atoms with Crippen LogP contribution < -0.4 is 5.14 Å². The lowest BCUT2D eigenvalue weighted by atomic mass is 10.0. The summed E-state index contributed by atoms with van der Waals surface area (Å²) in [7, 11) is -6.10. The molecule has 0 fully saturated rings. The van der Waals surface area contributed by atoms with Gasteiger partial charge in [-0.1, -0.05) is 38.1 Å². The van der Waals surface area contributed by atoms with Crippen molar-refractivity contribution in [2.75, 3.05) is 7.05 Å². The molecule has 0 spiro atoms. The van der Waals surface area contributed by atoms with Crippen LogP contribution in [-0.2, 0) is 26.6 Å². The van der Waals surface area contributed by atoms with Crippen LogP contribution in [0.5, 0.6) is 0 Å². The summed E-state index contributed by atoms with van der Waals surface area (Å²) >= 11 is 0. The maximum Gasteiger partial charge on any atom is 0.243 e. The van der Waals surface area contributed by atoms with Gasteiger partial charge in [0.05, 0.1) is 9.79 Å². The molecule has 25 heavy (non-hydrogen) atoms. The first-order chi connectivity index (χ1) is 11.5. The van der Waals surface area contributed by atoms with Gasteiger partial charge in [-0.15, -0.1) is 0 Å². The molecule has 2 rings (SSSR count). The quantitative estimate of drug-likeness (QED) is 0.829. The first kappa shape index (κ1) is 19.6. The number of rotatable bonds is 6. The summed E-state index contributed by atoms with van der Waals surface area (Å²) in [6.45, 7) is 4.41. The fourth-order valence-corrected chi connectivity index (χ4v) is 4.01. The molecule has 136 valence electrons. The van der Waals surface area contributed by atoms with E-state index in [0.29, 0.717) is 5.92 Å².